The molecule has 0 radical (unpaired) electrons. The van der Waals surface area contributed by atoms with Crippen molar-refractivity contribution in [3.05, 3.63) is 54.1 Å². The lowest BCUT2D eigenvalue weighted by Gasteiger charge is -2.31. The van der Waals surface area contributed by atoms with Gasteiger partial charge in [0.25, 0.3) is 0 Å². The number of benzene rings is 2. The van der Waals surface area contributed by atoms with Crippen LogP contribution in [0.15, 0.2) is 48.5 Å². The van der Waals surface area contributed by atoms with E-state index in [0.717, 1.165) is 44.2 Å². The van der Waals surface area contributed by atoms with Gasteiger partial charge in [-0.1, -0.05) is 18.2 Å². The van der Waals surface area contributed by atoms with Crippen molar-refractivity contribution in [2.45, 2.75) is 25.7 Å². The Balaban J connectivity index is 0.00000171. The van der Waals surface area contributed by atoms with Gasteiger partial charge in [0.1, 0.15) is 0 Å². The van der Waals surface area contributed by atoms with E-state index in [1.165, 1.54) is 36.2 Å². The first-order chi connectivity index (χ1) is 14.2. The van der Waals surface area contributed by atoms with E-state index >= 15 is 0 Å². The average Bonchev–Trinajstić information content (AvgIpc) is 3.18. The summed E-state index contributed by atoms with van der Waals surface area (Å²) in [6, 6.07) is 16.8. The first-order valence-electron chi connectivity index (χ1n) is 10.9. The first kappa shape index (κ1) is 25.5. The van der Waals surface area contributed by atoms with Gasteiger partial charge in [-0.2, -0.15) is 0 Å². The minimum Gasteiger partial charge on any atom is -0.341 e. The number of piperidine rings is 1. The number of halogens is 2. The summed E-state index contributed by atoms with van der Waals surface area (Å²) in [6.07, 6.45) is 4.71. The Hall–Kier alpha value is -1.79. The third kappa shape index (κ3) is 6.59. The predicted octanol–water partition coefficient (Wildman–Crippen LogP) is 4.48. The summed E-state index contributed by atoms with van der Waals surface area (Å²) in [5.74, 6) is 0.878. The van der Waals surface area contributed by atoms with E-state index in [1.54, 1.807) is 0 Å². The third-order valence-corrected chi connectivity index (χ3v) is 6.23. The van der Waals surface area contributed by atoms with Gasteiger partial charge in [-0.15, -0.1) is 24.8 Å². The molecule has 1 fully saturated rings. The number of para-hydroxylation sites is 1. The molecule has 2 aliphatic heterocycles. The fourth-order valence-corrected chi connectivity index (χ4v) is 4.52. The zero-order chi connectivity index (χ0) is 20.1. The van der Waals surface area contributed by atoms with Crippen LogP contribution in [0.4, 0.5) is 17.1 Å². The van der Waals surface area contributed by atoms with E-state index in [1.807, 2.05) is 19.2 Å². The Morgan fingerprint density at radius 2 is 1.71 bits per heavy atom. The van der Waals surface area contributed by atoms with Crippen LogP contribution in [-0.4, -0.2) is 50.6 Å². The highest BCUT2D eigenvalue weighted by atomic mass is 35.5. The molecule has 31 heavy (non-hydrogen) atoms. The molecule has 5 nitrogen and oxygen atoms in total. The molecule has 0 bridgehead atoms. The van der Waals surface area contributed by atoms with Crippen LogP contribution in [-0.2, 0) is 11.2 Å². The van der Waals surface area contributed by atoms with Crippen molar-refractivity contribution < 1.29 is 4.79 Å². The molecule has 0 aliphatic carbocycles. The Morgan fingerprint density at radius 1 is 1.00 bits per heavy atom. The van der Waals surface area contributed by atoms with Crippen molar-refractivity contribution in [3.8, 4) is 0 Å². The van der Waals surface area contributed by atoms with E-state index < -0.39 is 0 Å². The number of rotatable bonds is 7. The maximum absolute atomic E-state index is 12.5. The van der Waals surface area contributed by atoms with Crippen LogP contribution in [0.1, 0.15) is 24.8 Å². The van der Waals surface area contributed by atoms with E-state index in [0.29, 0.717) is 6.54 Å². The standard InChI is InChI=1S/C24H32N4O.2ClH/c1-25-14-10-19-11-15-27(16-12-19)18-24(29)26-21-6-8-22(9-7-21)28-17-13-20-4-2-3-5-23(20)28;;/h2-9,19,25H,10-18H2,1H3,(H,26,29);2*1H. The molecule has 2 aliphatic rings. The van der Waals surface area contributed by atoms with Crippen molar-refractivity contribution >= 4 is 47.8 Å². The maximum Gasteiger partial charge on any atom is 0.238 e. The Morgan fingerprint density at radius 3 is 2.42 bits per heavy atom. The minimum atomic E-state index is 0. The number of fused-ring (bicyclic) bond motifs is 1. The number of amides is 1. The van der Waals surface area contributed by atoms with Gasteiger partial charge in [-0.3, -0.25) is 9.69 Å². The lowest BCUT2D eigenvalue weighted by molar-refractivity contribution is -0.117. The van der Waals surface area contributed by atoms with Crippen molar-refractivity contribution in [3.63, 3.8) is 0 Å². The summed E-state index contributed by atoms with van der Waals surface area (Å²) in [5, 5.41) is 6.29. The molecule has 1 saturated heterocycles. The number of anilines is 3. The Kier molecular flexibility index (Phi) is 10.1. The number of nitrogens with one attached hydrogen (secondary N) is 2. The van der Waals surface area contributed by atoms with E-state index in [4.69, 9.17) is 0 Å². The lowest BCUT2D eigenvalue weighted by Crippen LogP contribution is -2.39. The highest BCUT2D eigenvalue weighted by Crippen LogP contribution is 2.34. The van der Waals surface area contributed by atoms with Crippen LogP contribution in [0.5, 0.6) is 0 Å². The summed E-state index contributed by atoms with van der Waals surface area (Å²) in [5.41, 5.74) is 4.74. The fraction of sp³-hybridized carbons (Fsp3) is 0.458. The molecule has 170 valence electrons. The van der Waals surface area contributed by atoms with Crippen LogP contribution in [0, 0.1) is 5.92 Å². The molecule has 0 atom stereocenters. The molecule has 1 amide bonds. The molecule has 4 rings (SSSR count). The summed E-state index contributed by atoms with van der Waals surface area (Å²) < 4.78 is 0. The Bertz CT molecular complexity index is 823. The highest BCUT2D eigenvalue weighted by molar-refractivity contribution is 5.92. The molecule has 0 aromatic heterocycles. The lowest BCUT2D eigenvalue weighted by atomic mass is 9.93. The second kappa shape index (κ2) is 12.3. The van der Waals surface area contributed by atoms with Gasteiger partial charge in [-0.25, -0.2) is 0 Å². The molecular formula is C24H34Cl2N4O. The monoisotopic (exact) mass is 464 g/mol. The molecule has 0 unspecified atom stereocenters. The van der Waals surface area contributed by atoms with Gasteiger partial charge in [0.2, 0.25) is 5.91 Å². The number of carbonyl (C=O) groups is 1. The van der Waals surface area contributed by atoms with Crippen molar-refractivity contribution in [1.29, 1.82) is 0 Å². The summed E-state index contributed by atoms with van der Waals surface area (Å²) >= 11 is 0. The predicted molar refractivity (Wildman–Crippen MR) is 134 cm³/mol. The molecule has 2 N–H and O–H groups in total. The van der Waals surface area contributed by atoms with Crippen molar-refractivity contribution in [2.24, 2.45) is 5.92 Å². The number of nitrogens with zero attached hydrogens (tertiary/aromatic N) is 2. The first-order valence-corrected chi connectivity index (χ1v) is 10.9. The van der Waals surface area contributed by atoms with Gasteiger partial charge in [0.05, 0.1) is 6.54 Å². The zero-order valence-electron chi connectivity index (χ0n) is 18.2. The van der Waals surface area contributed by atoms with Crippen LogP contribution < -0.4 is 15.5 Å². The fourth-order valence-electron chi connectivity index (χ4n) is 4.52. The molecule has 2 aromatic carbocycles. The molecule has 0 spiro atoms. The van der Waals surface area contributed by atoms with Crippen LogP contribution in [0.2, 0.25) is 0 Å². The quantitative estimate of drug-likeness (QED) is 0.633. The van der Waals surface area contributed by atoms with Gasteiger partial charge >= 0.3 is 0 Å². The van der Waals surface area contributed by atoms with Crippen molar-refractivity contribution in [1.82, 2.24) is 10.2 Å². The molecule has 2 heterocycles. The van der Waals surface area contributed by atoms with E-state index in [9.17, 15) is 4.79 Å². The smallest absolute Gasteiger partial charge is 0.238 e. The SMILES string of the molecule is CNCCC1CCN(CC(=O)Nc2ccc(N3CCc4ccccc43)cc2)CC1.Cl.Cl. The van der Waals surface area contributed by atoms with Gasteiger partial charge in [-0.05, 0) is 94.2 Å². The third-order valence-electron chi connectivity index (χ3n) is 6.23. The number of carbonyl (C=O) groups excluding carboxylic acids is 1. The van der Waals surface area contributed by atoms with E-state index in [2.05, 4.69) is 56.8 Å². The molecular weight excluding hydrogens is 431 g/mol. The summed E-state index contributed by atoms with van der Waals surface area (Å²) in [7, 11) is 2.01. The molecule has 0 saturated carbocycles. The highest BCUT2D eigenvalue weighted by Gasteiger charge is 2.21. The second-order valence-corrected chi connectivity index (χ2v) is 8.24. The van der Waals surface area contributed by atoms with Gasteiger partial charge in [0, 0.05) is 23.6 Å². The largest absolute Gasteiger partial charge is 0.341 e. The average molecular weight is 465 g/mol. The van der Waals surface area contributed by atoms with Gasteiger partial charge < -0.3 is 15.5 Å². The zero-order valence-corrected chi connectivity index (χ0v) is 19.8. The Labute approximate surface area is 198 Å². The van der Waals surface area contributed by atoms with Crippen LogP contribution in [0.25, 0.3) is 0 Å². The molecule has 7 heteroatoms. The summed E-state index contributed by atoms with van der Waals surface area (Å²) in [6.45, 7) is 4.63. The normalized spacial score (nSPS) is 16.2. The summed E-state index contributed by atoms with van der Waals surface area (Å²) in [4.78, 5) is 17.1. The molecule has 2 aromatic rings. The number of likely N-dealkylation sites (tertiary alicyclic amines) is 1. The minimum absolute atomic E-state index is 0. The van der Waals surface area contributed by atoms with E-state index in [-0.39, 0.29) is 30.7 Å². The van der Waals surface area contributed by atoms with Crippen LogP contribution in [0.3, 0.4) is 0 Å². The maximum atomic E-state index is 12.5. The van der Waals surface area contributed by atoms with Crippen LogP contribution >= 0.6 is 24.8 Å². The second-order valence-electron chi connectivity index (χ2n) is 8.24. The number of hydrogen-bond acceptors (Lipinski definition) is 4. The van der Waals surface area contributed by atoms with Gasteiger partial charge in [0.15, 0.2) is 0 Å². The van der Waals surface area contributed by atoms with Crippen molar-refractivity contribution in [2.75, 3.05) is 50.0 Å². The number of hydrogen-bond donors (Lipinski definition) is 2. The topological polar surface area (TPSA) is 47.6 Å².